The van der Waals surface area contributed by atoms with Gasteiger partial charge in [-0.15, -0.1) is 0 Å². The molecule has 1 atom stereocenters. The minimum atomic E-state index is -2.54. The van der Waals surface area contributed by atoms with Gasteiger partial charge in [-0.1, -0.05) is 6.92 Å². The van der Waals surface area contributed by atoms with Crippen LogP contribution in [0.15, 0.2) is 0 Å². The van der Waals surface area contributed by atoms with Gasteiger partial charge in [-0.2, -0.15) is 0 Å². The van der Waals surface area contributed by atoms with Crippen LogP contribution in [0.3, 0.4) is 0 Å². The van der Waals surface area contributed by atoms with Gasteiger partial charge in [-0.3, -0.25) is 4.79 Å². The summed E-state index contributed by atoms with van der Waals surface area (Å²) in [4.78, 5) is 10.7. The van der Waals surface area contributed by atoms with Crippen LogP contribution in [-0.4, -0.2) is 29.6 Å². The fraction of sp³-hybridized carbons (Fsp3) is 0.857. The molecule has 0 aromatic rings. The predicted octanol–water partition coefficient (Wildman–Crippen LogP) is 1.86. The Labute approximate surface area is 67.2 Å². The quantitative estimate of drug-likeness (QED) is 0.671. The van der Waals surface area contributed by atoms with E-state index in [1.165, 1.54) is 20.3 Å². The third-order valence-corrected chi connectivity index (χ3v) is 5.22. The molecule has 1 N–H and O–H groups in total. The molecule has 4 heteroatoms. The van der Waals surface area contributed by atoms with Crippen molar-refractivity contribution in [2.24, 2.45) is 0 Å². The molecule has 0 bridgehead atoms. The van der Waals surface area contributed by atoms with E-state index in [2.05, 4.69) is 0 Å². The van der Waals surface area contributed by atoms with Gasteiger partial charge in [0.15, 0.2) is 0 Å². The van der Waals surface area contributed by atoms with Gasteiger partial charge in [0.25, 0.3) is 0 Å². The highest BCUT2D eigenvalue weighted by Crippen LogP contribution is 2.53. The topological polar surface area (TPSA) is 54.4 Å². The molecule has 0 rings (SSSR count). The first kappa shape index (κ1) is 10.7. The third kappa shape index (κ3) is 1.84. The maximum atomic E-state index is 11.5. The van der Waals surface area contributed by atoms with Crippen LogP contribution >= 0.6 is 7.14 Å². The fourth-order valence-electron chi connectivity index (χ4n) is 0.762. The summed E-state index contributed by atoms with van der Waals surface area (Å²) >= 11 is 0. The Hall–Kier alpha value is -0.300. The highest BCUT2D eigenvalue weighted by atomic mass is 31.2. The van der Waals surface area contributed by atoms with Gasteiger partial charge in [-0.05, 0) is 26.7 Å². The summed E-state index contributed by atoms with van der Waals surface area (Å²) in [5, 5.41) is 7.75. The first-order valence-corrected chi connectivity index (χ1v) is 6.14. The molecular formula is C7H15O3P. The molecule has 0 aromatic carbocycles. The van der Waals surface area contributed by atoms with E-state index >= 15 is 0 Å². The largest absolute Gasteiger partial charge is 0.480 e. The Kier molecular flexibility index (Phi) is 2.90. The van der Waals surface area contributed by atoms with Crippen molar-refractivity contribution in [1.29, 1.82) is 0 Å². The Balaban J connectivity index is 4.92. The van der Waals surface area contributed by atoms with E-state index in [1.54, 1.807) is 6.92 Å². The molecule has 0 saturated carbocycles. The first-order chi connectivity index (χ1) is 4.75. The molecule has 0 aliphatic carbocycles. The summed E-state index contributed by atoms with van der Waals surface area (Å²) in [5.74, 6) is -0.965. The number of carbonyl (C=O) groups is 1. The highest BCUT2D eigenvalue weighted by Gasteiger charge is 2.42. The lowest BCUT2D eigenvalue weighted by Crippen LogP contribution is -2.33. The second kappa shape index (κ2) is 2.98. The van der Waals surface area contributed by atoms with Crippen LogP contribution in [0.5, 0.6) is 0 Å². The molecule has 0 aliphatic rings. The number of rotatable bonds is 3. The molecule has 0 radical (unpaired) electrons. The minimum absolute atomic E-state index is 0.409. The Bertz CT molecular complexity index is 206. The zero-order valence-corrected chi connectivity index (χ0v) is 8.31. The second-order valence-electron chi connectivity index (χ2n) is 3.28. The third-order valence-electron chi connectivity index (χ3n) is 2.34. The molecular weight excluding hydrogens is 163 g/mol. The summed E-state index contributed by atoms with van der Waals surface area (Å²) in [6.45, 7) is 6.32. The van der Waals surface area contributed by atoms with Crippen LogP contribution in [0.1, 0.15) is 20.3 Å². The summed E-state index contributed by atoms with van der Waals surface area (Å²) < 4.78 is 11.5. The van der Waals surface area contributed by atoms with E-state index in [4.69, 9.17) is 5.11 Å². The van der Waals surface area contributed by atoms with Crippen molar-refractivity contribution >= 4 is 13.1 Å². The summed E-state index contributed by atoms with van der Waals surface area (Å²) in [6, 6.07) is 0. The fourth-order valence-corrected chi connectivity index (χ4v) is 1.98. The molecule has 3 nitrogen and oxygen atoms in total. The lowest BCUT2D eigenvalue weighted by atomic mass is 10.1. The average molecular weight is 178 g/mol. The molecule has 1 unspecified atom stereocenters. The summed E-state index contributed by atoms with van der Waals surface area (Å²) in [5.41, 5.74) is 0. The SMILES string of the molecule is CCC(C)(C(=O)O)P(C)(C)=O. The zero-order chi connectivity index (χ0) is 9.28. The van der Waals surface area contributed by atoms with Gasteiger partial charge in [0.1, 0.15) is 5.16 Å². The van der Waals surface area contributed by atoms with E-state index in [0.717, 1.165) is 0 Å². The smallest absolute Gasteiger partial charge is 0.316 e. The Morgan fingerprint density at radius 2 is 1.91 bits per heavy atom. The number of carboxylic acid groups (broad SMARTS) is 1. The molecule has 0 spiro atoms. The Morgan fingerprint density at radius 3 is 1.91 bits per heavy atom. The Morgan fingerprint density at radius 1 is 1.55 bits per heavy atom. The maximum absolute atomic E-state index is 11.5. The summed E-state index contributed by atoms with van der Waals surface area (Å²) in [6.07, 6.45) is 0.409. The van der Waals surface area contributed by atoms with Crippen molar-refractivity contribution in [1.82, 2.24) is 0 Å². The number of hydrogen-bond donors (Lipinski definition) is 1. The van der Waals surface area contributed by atoms with Gasteiger partial charge >= 0.3 is 5.97 Å². The van der Waals surface area contributed by atoms with Gasteiger partial charge in [-0.25, -0.2) is 0 Å². The number of carboxylic acids is 1. The normalized spacial score (nSPS) is 17.5. The van der Waals surface area contributed by atoms with Gasteiger partial charge in [0.05, 0.1) is 7.14 Å². The standard InChI is InChI=1S/C7H15O3P/c1-5-7(2,6(8)9)11(3,4)10/h5H2,1-4H3,(H,8,9). The monoisotopic (exact) mass is 178 g/mol. The number of aliphatic carboxylic acids is 1. The lowest BCUT2D eigenvalue weighted by Gasteiger charge is -2.27. The van der Waals surface area contributed by atoms with Crippen LogP contribution in [0.4, 0.5) is 0 Å². The second-order valence-corrected chi connectivity index (χ2v) is 6.97. The number of hydrogen-bond acceptors (Lipinski definition) is 2. The van der Waals surface area contributed by atoms with Crippen molar-refractivity contribution in [2.75, 3.05) is 13.3 Å². The van der Waals surface area contributed by atoms with Crippen LogP contribution in [0.2, 0.25) is 0 Å². The van der Waals surface area contributed by atoms with Crippen LogP contribution < -0.4 is 0 Å². The highest BCUT2D eigenvalue weighted by molar-refractivity contribution is 7.65. The van der Waals surface area contributed by atoms with Gasteiger partial charge in [0.2, 0.25) is 0 Å². The van der Waals surface area contributed by atoms with E-state index in [9.17, 15) is 9.36 Å². The van der Waals surface area contributed by atoms with Gasteiger partial charge < -0.3 is 9.67 Å². The van der Waals surface area contributed by atoms with Crippen LogP contribution in [0, 0.1) is 0 Å². The minimum Gasteiger partial charge on any atom is -0.480 e. The molecule has 0 amide bonds. The van der Waals surface area contributed by atoms with Crippen molar-refractivity contribution in [3.8, 4) is 0 Å². The van der Waals surface area contributed by atoms with Crippen molar-refractivity contribution in [3.05, 3.63) is 0 Å². The van der Waals surface area contributed by atoms with Crippen molar-refractivity contribution < 1.29 is 14.5 Å². The maximum Gasteiger partial charge on any atom is 0.316 e. The molecule has 0 heterocycles. The van der Waals surface area contributed by atoms with Gasteiger partial charge in [0, 0.05) is 0 Å². The predicted molar refractivity (Wildman–Crippen MR) is 45.8 cm³/mol. The molecule has 0 aliphatic heterocycles. The molecule has 11 heavy (non-hydrogen) atoms. The lowest BCUT2D eigenvalue weighted by molar-refractivity contribution is -0.139. The van der Waals surface area contributed by atoms with Crippen LogP contribution in [-0.2, 0) is 9.36 Å². The molecule has 0 aromatic heterocycles. The zero-order valence-electron chi connectivity index (χ0n) is 7.42. The molecule has 66 valence electrons. The molecule has 0 saturated heterocycles. The average Bonchev–Trinajstić information content (AvgIpc) is 1.83. The van der Waals surface area contributed by atoms with Crippen molar-refractivity contribution in [3.63, 3.8) is 0 Å². The molecule has 0 fully saturated rings. The van der Waals surface area contributed by atoms with Crippen LogP contribution in [0.25, 0.3) is 0 Å². The first-order valence-electron chi connectivity index (χ1n) is 3.54. The van der Waals surface area contributed by atoms with E-state index in [1.807, 2.05) is 0 Å². The van der Waals surface area contributed by atoms with E-state index in [0.29, 0.717) is 6.42 Å². The van der Waals surface area contributed by atoms with E-state index < -0.39 is 18.3 Å². The van der Waals surface area contributed by atoms with Crippen molar-refractivity contribution in [2.45, 2.75) is 25.4 Å². The summed E-state index contributed by atoms with van der Waals surface area (Å²) in [7, 11) is -2.54. The van der Waals surface area contributed by atoms with E-state index in [-0.39, 0.29) is 0 Å².